The van der Waals surface area contributed by atoms with Crippen LogP contribution < -0.4 is 15.2 Å². The summed E-state index contributed by atoms with van der Waals surface area (Å²) in [6.45, 7) is 2.13. The highest BCUT2D eigenvalue weighted by atomic mass is 19.4. The van der Waals surface area contributed by atoms with Gasteiger partial charge in [0.05, 0.1) is 43.4 Å². The van der Waals surface area contributed by atoms with Crippen molar-refractivity contribution in [2.75, 3.05) is 20.3 Å². The van der Waals surface area contributed by atoms with Crippen LogP contribution in [0.3, 0.4) is 0 Å². The van der Waals surface area contributed by atoms with Crippen LogP contribution in [0, 0.1) is 6.92 Å². The van der Waals surface area contributed by atoms with Crippen molar-refractivity contribution < 1.29 is 37.3 Å². The van der Waals surface area contributed by atoms with Crippen LogP contribution in [0.2, 0.25) is 0 Å². The van der Waals surface area contributed by atoms with Gasteiger partial charge in [0.25, 0.3) is 0 Å². The molecular formula is C30H31F3N2O5. The first kappa shape index (κ1) is 28.1. The molecule has 0 bridgehead atoms. The molecule has 5 rings (SSSR count). The number of halogens is 3. The summed E-state index contributed by atoms with van der Waals surface area (Å²) in [7, 11) is 1.42. The van der Waals surface area contributed by atoms with Gasteiger partial charge in [0.2, 0.25) is 5.60 Å². The van der Waals surface area contributed by atoms with E-state index in [1.165, 1.54) is 25.3 Å². The SMILES string of the molecule is COc1cc(C(=O)CCC(O)(c2cc(C3(N)COC3)cc(-c3ccc(C)cc3)n2)C(F)(F)F)ccc1OC1CC1. The fourth-order valence-corrected chi connectivity index (χ4v) is 4.55. The van der Waals surface area contributed by atoms with Crippen LogP contribution in [0.1, 0.15) is 52.9 Å². The minimum Gasteiger partial charge on any atom is -0.493 e. The standard InChI is InChI=1S/C30H31F3N2O5/c1-18-3-5-19(6-4-18)23-14-21(28(34)16-39-17-28)15-27(35-23)29(37,30(31,32)33)12-11-24(36)20-7-10-25(26(13-20)38-2)40-22-8-9-22/h3-7,10,13-15,22,37H,8-9,11-12,16-17,34H2,1-2H3. The van der Waals surface area contributed by atoms with E-state index in [1.54, 1.807) is 24.3 Å². The molecule has 7 nitrogen and oxygen atoms in total. The van der Waals surface area contributed by atoms with Crippen LogP contribution in [0.4, 0.5) is 13.2 Å². The van der Waals surface area contributed by atoms with E-state index in [-0.39, 0.29) is 30.6 Å². The topological polar surface area (TPSA) is 104 Å². The second-order valence-corrected chi connectivity index (χ2v) is 10.6. The number of aryl methyl sites for hydroxylation is 1. The number of rotatable bonds is 10. The third-order valence-electron chi connectivity index (χ3n) is 7.38. The second kappa shape index (κ2) is 10.5. The number of benzene rings is 2. The van der Waals surface area contributed by atoms with Gasteiger partial charge in [-0.05, 0) is 62.1 Å². The van der Waals surface area contributed by atoms with Crippen LogP contribution in [0.25, 0.3) is 11.3 Å². The van der Waals surface area contributed by atoms with Gasteiger partial charge in [-0.2, -0.15) is 13.2 Å². The summed E-state index contributed by atoms with van der Waals surface area (Å²) in [5, 5.41) is 11.2. The Kier molecular flexibility index (Phi) is 7.37. The Hall–Kier alpha value is -3.47. The number of ether oxygens (including phenoxy) is 3. The molecule has 2 fully saturated rings. The lowest BCUT2D eigenvalue weighted by atomic mass is 9.84. The molecule has 212 valence electrons. The average molecular weight is 557 g/mol. The molecule has 2 aromatic carbocycles. The molecule has 2 heterocycles. The van der Waals surface area contributed by atoms with Crippen LogP contribution >= 0.6 is 0 Å². The normalized spacial score (nSPS) is 18.0. The predicted molar refractivity (Wildman–Crippen MR) is 141 cm³/mol. The number of nitrogens with zero attached hydrogens (tertiary/aromatic N) is 1. The predicted octanol–water partition coefficient (Wildman–Crippen LogP) is 5.20. The first-order chi connectivity index (χ1) is 18.9. The van der Waals surface area contributed by atoms with Gasteiger partial charge in [0, 0.05) is 17.5 Å². The Bertz CT molecular complexity index is 1400. The summed E-state index contributed by atoms with van der Waals surface area (Å²) in [6, 6.07) is 14.4. The van der Waals surface area contributed by atoms with E-state index < -0.39 is 41.6 Å². The summed E-state index contributed by atoms with van der Waals surface area (Å²) >= 11 is 0. The molecule has 0 amide bonds. The first-order valence-corrected chi connectivity index (χ1v) is 13.1. The van der Waals surface area contributed by atoms with Gasteiger partial charge >= 0.3 is 6.18 Å². The van der Waals surface area contributed by atoms with E-state index in [1.807, 2.05) is 19.1 Å². The Morgan fingerprint density at radius 2 is 1.80 bits per heavy atom. The van der Waals surface area contributed by atoms with Crippen molar-refractivity contribution in [3.63, 3.8) is 0 Å². The lowest BCUT2D eigenvalue weighted by molar-refractivity contribution is -0.270. The van der Waals surface area contributed by atoms with E-state index in [2.05, 4.69) is 4.98 Å². The number of methoxy groups -OCH3 is 1. The molecule has 0 radical (unpaired) electrons. The molecule has 1 saturated carbocycles. The molecule has 3 aromatic rings. The number of carbonyl (C=O) groups excluding carboxylic acids is 1. The van der Waals surface area contributed by atoms with Gasteiger partial charge in [-0.15, -0.1) is 0 Å². The van der Waals surface area contributed by atoms with Gasteiger partial charge in [-0.1, -0.05) is 29.8 Å². The highest BCUT2D eigenvalue weighted by molar-refractivity contribution is 5.96. The summed E-state index contributed by atoms with van der Waals surface area (Å²) in [4.78, 5) is 17.3. The number of hydrogen-bond acceptors (Lipinski definition) is 7. The van der Waals surface area contributed by atoms with Crippen molar-refractivity contribution >= 4 is 5.78 Å². The van der Waals surface area contributed by atoms with Gasteiger partial charge < -0.3 is 25.1 Å². The van der Waals surface area contributed by atoms with Crippen molar-refractivity contribution in [1.82, 2.24) is 4.98 Å². The summed E-state index contributed by atoms with van der Waals surface area (Å²) in [6.07, 6.45) is -4.69. The molecular weight excluding hydrogens is 525 g/mol. The van der Waals surface area contributed by atoms with Gasteiger partial charge in [0.15, 0.2) is 17.3 Å². The van der Waals surface area contributed by atoms with Crippen molar-refractivity contribution in [2.24, 2.45) is 5.73 Å². The lowest BCUT2D eigenvalue weighted by Gasteiger charge is -2.39. The highest BCUT2D eigenvalue weighted by Gasteiger charge is 2.56. The monoisotopic (exact) mass is 556 g/mol. The molecule has 1 aromatic heterocycles. The van der Waals surface area contributed by atoms with E-state index in [9.17, 15) is 23.1 Å². The molecule has 40 heavy (non-hydrogen) atoms. The van der Waals surface area contributed by atoms with E-state index in [4.69, 9.17) is 19.9 Å². The van der Waals surface area contributed by atoms with Crippen molar-refractivity contribution in [3.8, 4) is 22.8 Å². The first-order valence-electron chi connectivity index (χ1n) is 13.1. The van der Waals surface area contributed by atoms with E-state index >= 15 is 0 Å². The van der Waals surface area contributed by atoms with Gasteiger partial charge in [0.1, 0.15) is 0 Å². The lowest BCUT2D eigenvalue weighted by Crippen LogP contribution is -2.54. The zero-order valence-corrected chi connectivity index (χ0v) is 22.3. The number of aliphatic hydroxyl groups is 1. The Labute approximate surface area is 230 Å². The Morgan fingerprint density at radius 1 is 1.10 bits per heavy atom. The van der Waals surface area contributed by atoms with Crippen LogP contribution in [0.5, 0.6) is 11.5 Å². The van der Waals surface area contributed by atoms with Crippen molar-refractivity contribution in [1.29, 1.82) is 0 Å². The number of nitrogens with two attached hydrogens (primary N) is 1. The number of alkyl halides is 3. The minimum absolute atomic E-state index is 0.101. The fraction of sp³-hybridized carbons (Fsp3) is 0.400. The quantitative estimate of drug-likeness (QED) is 0.331. The highest BCUT2D eigenvalue weighted by Crippen LogP contribution is 2.44. The second-order valence-electron chi connectivity index (χ2n) is 10.6. The van der Waals surface area contributed by atoms with Crippen molar-refractivity contribution in [3.05, 3.63) is 77.0 Å². The molecule has 10 heteroatoms. The number of Topliss-reactive ketones (excluding diaryl/α,β-unsaturated/α-hetero) is 1. The molecule has 1 atom stereocenters. The van der Waals surface area contributed by atoms with Crippen LogP contribution in [0.15, 0.2) is 54.6 Å². The zero-order chi connectivity index (χ0) is 28.7. The maximum Gasteiger partial charge on any atom is 0.422 e. The number of carbonyl (C=O) groups is 1. The molecule has 1 aliphatic carbocycles. The minimum atomic E-state index is -5.12. The number of aromatic nitrogens is 1. The summed E-state index contributed by atoms with van der Waals surface area (Å²) in [5.74, 6) is 0.196. The zero-order valence-electron chi connectivity index (χ0n) is 22.3. The average Bonchev–Trinajstić information content (AvgIpc) is 3.74. The van der Waals surface area contributed by atoms with Crippen LogP contribution in [-0.4, -0.2) is 48.5 Å². The van der Waals surface area contributed by atoms with E-state index in [0.29, 0.717) is 22.6 Å². The summed E-state index contributed by atoms with van der Waals surface area (Å²) < 4.78 is 60.0. The molecule has 3 N–H and O–H groups in total. The number of hydrogen-bond donors (Lipinski definition) is 2. The fourth-order valence-electron chi connectivity index (χ4n) is 4.55. The Balaban J connectivity index is 1.47. The van der Waals surface area contributed by atoms with Crippen molar-refractivity contribution in [2.45, 2.75) is 56.0 Å². The largest absolute Gasteiger partial charge is 0.493 e. The molecule has 2 aliphatic rings. The molecule has 0 spiro atoms. The Morgan fingerprint density at radius 3 is 2.38 bits per heavy atom. The summed E-state index contributed by atoms with van der Waals surface area (Å²) in [5.41, 5.74) is 3.64. The van der Waals surface area contributed by atoms with E-state index in [0.717, 1.165) is 18.4 Å². The number of pyridine rings is 1. The van der Waals surface area contributed by atoms with Crippen LogP contribution in [-0.2, 0) is 15.9 Å². The molecule has 1 saturated heterocycles. The maximum atomic E-state index is 14.6. The molecule has 1 unspecified atom stereocenters. The third kappa shape index (κ3) is 5.56. The van der Waals surface area contributed by atoms with Gasteiger partial charge in [-0.25, -0.2) is 4.98 Å². The molecule has 1 aliphatic heterocycles. The maximum absolute atomic E-state index is 14.6. The van der Waals surface area contributed by atoms with Gasteiger partial charge in [-0.3, -0.25) is 4.79 Å². The number of ketones is 1. The smallest absolute Gasteiger partial charge is 0.422 e. The third-order valence-corrected chi connectivity index (χ3v) is 7.38.